The highest BCUT2D eigenvalue weighted by molar-refractivity contribution is 7.24. The van der Waals surface area contributed by atoms with Crippen molar-refractivity contribution in [2.45, 2.75) is 40.2 Å². The third kappa shape index (κ3) is 2.70. The van der Waals surface area contributed by atoms with Gasteiger partial charge in [-0.2, -0.15) is 0 Å². The zero-order chi connectivity index (χ0) is 16.7. The summed E-state index contributed by atoms with van der Waals surface area (Å²) in [5, 5.41) is 0.816. The number of fused-ring (bicyclic) bond motifs is 2. The Balaban J connectivity index is 2.49. The fourth-order valence-corrected chi connectivity index (χ4v) is 3.83. The lowest BCUT2D eigenvalue weighted by atomic mass is 10.1. The summed E-state index contributed by atoms with van der Waals surface area (Å²) >= 11 is 1.41. The van der Waals surface area contributed by atoms with Gasteiger partial charge in [-0.3, -0.25) is 14.2 Å². The van der Waals surface area contributed by atoms with Gasteiger partial charge in [0.2, 0.25) is 5.43 Å². The van der Waals surface area contributed by atoms with E-state index in [9.17, 15) is 9.59 Å². The molecule has 0 bridgehead atoms. The third-order valence-electron chi connectivity index (χ3n) is 3.80. The van der Waals surface area contributed by atoms with Crippen molar-refractivity contribution in [3.8, 4) is 0 Å². The molecule has 0 radical (unpaired) electrons. The summed E-state index contributed by atoms with van der Waals surface area (Å²) in [6, 6.07) is 7.39. The van der Waals surface area contributed by atoms with E-state index >= 15 is 0 Å². The van der Waals surface area contributed by atoms with Crippen molar-refractivity contribution in [2.24, 2.45) is 5.92 Å². The van der Waals surface area contributed by atoms with E-state index in [1.807, 2.05) is 32.0 Å². The minimum atomic E-state index is -0.209. The maximum Gasteiger partial charge on any atom is 0.266 e. The molecule has 1 aromatic carbocycles. The molecule has 23 heavy (non-hydrogen) atoms. The molecular weight excluding hydrogens is 308 g/mol. The van der Waals surface area contributed by atoms with E-state index in [0.29, 0.717) is 22.7 Å². The molecule has 0 amide bonds. The van der Waals surface area contributed by atoms with Crippen molar-refractivity contribution >= 4 is 31.6 Å². The van der Waals surface area contributed by atoms with Gasteiger partial charge in [0.15, 0.2) is 0 Å². The molecule has 0 fully saturated rings. The van der Waals surface area contributed by atoms with E-state index in [4.69, 9.17) is 0 Å². The van der Waals surface area contributed by atoms with Crippen LogP contribution in [0.2, 0.25) is 0 Å². The monoisotopic (exact) mass is 328 g/mol. The van der Waals surface area contributed by atoms with Gasteiger partial charge in [-0.05, 0) is 18.1 Å². The summed E-state index contributed by atoms with van der Waals surface area (Å²) in [5.74, 6) is 1.19. The van der Waals surface area contributed by atoms with Crippen molar-refractivity contribution < 1.29 is 0 Å². The van der Waals surface area contributed by atoms with E-state index in [1.165, 1.54) is 11.3 Å². The summed E-state index contributed by atoms with van der Waals surface area (Å²) in [6.45, 7) is 8.73. The molecule has 0 saturated carbocycles. The Morgan fingerprint density at radius 3 is 2.48 bits per heavy atom. The second-order valence-corrected chi connectivity index (χ2v) is 7.57. The highest BCUT2D eigenvalue weighted by atomic mass is 32.1. The smallest absolute Gasteiger partial charge is 0.266 e. The van der Waals surface area contributed by atoms with Crippen LogP contribution in [0.4, 0.5) is 0 Å². The molecule has 120 valence electrons. The van der Waals surface area contributed by atoms with E-state index in [0.717, 1.165) is 10.5 Å². The molecule has 3 rings (SSSR count). The van der Waals surface area contributed by atoms with Gasteiger partial charge >= 0.3 is 0 Å². The van der Waals surface area contributed by atoms with Gasteiger partial charge in [0.25, 0.3) is 5.56 Å². The van der Waals surface area contributed by atoms with E-state index in [-0.39, 0.29) is 22.3 Å². The molecule has 0 aliphatic carbocycles. The van der Waals surface area contributed by atoms with Crippen LogP contribution in [0, 0.1) is 5.92 Å². The summed E-state index contributed by atoms with van der Waals surface area (Å²) in [5.41, 5.74) is -0.418. The molecule has 0 aliphatic heterocycles. The summed E-state index contributed by atoms with van der Waals surface area (Å²) < 4.78 is 2.55. The number of hydrogen-bond donors (Lipinski definition) is 0. The van der Waals surface area contributed by atoms with Gasteiger partial charge in [-0.25, -0.2) is 4.98 Å². The maximum absolute atomic E-state index is 13.0. The van der Waals surface area contributed by atoms with Crippen molar-refractivity contribution in [3.05, 3.63) is 50.7 Å². The Morgan fingerprint density at radius 1 is 1.13 bits per heavy atom. The van der Waals surface area contributed by atoms with Gasteiger partial charge in [0.05, 0.1) is 0 Å². The van der Waals surface area contributed by atoms with Crippen molar-refractivity contribution in [2.75, 3.05) is 0 Å². The zero-order valence-corrected chi connectivity index (χ0v) is 14.6. The zero-order valence-electron chi connectivity index (χ0n) is 13.8. The lowest BCUT2D eigenvalue weighted by molar-refractivity contribution is 0.481. The number of nitrogens with zero attached hydrogens (tertiary/aromatic N) is 2. The first-order chi connectivity index (χ1) is 10.9. The molecule has 0 spiro atoms. The second-order valence-electron chi connectivity index (χ2n) is 6.54. The van der Waals surface area contributed by atoms with Crippen LogP contribution in [0.1, 0.15) is 39.4 Å². The predicted octanol–water partition coefficient (Wildman–Crippen LogP) is 3.75. The lowest BCUT2D eigenvalue weighted by Gasteiger charge is -2.17. The molecule has 0 atom stereocenters. The van der Waals surface area contributed by atoms with Crippen LogP contribution in [0.25, 0.3) is 20.3 Å². The number of rotatable bonds is 3. The normalized spacial score (nSPS) is 11.9. The fourth-order valence-electron chi connectivity index (χ4n) is 2.78. The van der Waals surface area contributed by atoms with Gasteiger partial charge < -0.3 is 0 Å². The first-order valence-corrected chi connectivity index (χ1v) is 8.68. The first-order valence-electron chi connectivity index (χ1n) is 7.86. The van der Waals surface area contributed by atoms with Crippen LogP contribution in [-0.4, -0.2) is 9.55 Å². The average molecular weight is 328 g/mol. The molecule has 0 saturated heterocycles. The van der Waals surface area contributed by atoms with Gasteiger partial charge in [0, 0.05) is 22.5 Å². The van der Waals surface area contributed by atoms with Gasteiger partial charge in [-0.1, -0.05) is 39.8 Å². The summed E-state index contributed by atoms with van der Waals surface area (Å²) in [7, 11) is 0. The van der Waals surface area contributed by atoms with Crippen LogP contribution in [0.15, 0.2) is 33.9 Å². The topological polar surface area (TPSA) is 52.0 Å². The standard InChI is InChI=1S/C18H20N2O2S/c1-10(2)9-20-16(11(3)4)19-17-14(18(20)22)15(21)12-7-5-6-8-13(12)23-17/h5-8,10-11H,9H2,1-4H3. The van der Waals surface area contributed by atoms with Crippen LogP contribution in [-0.2, 0) is 6.54 Å². The summed E-state index contributed by atoms with van der Waals surface area (Å²) in [6.07, 6.45) is 0. The molecule has 3 aromatic rings. The van der Waals surface area contributed by atoms with Crippen LogP contribution in [0.5, 0.6) is 0 Å². The minimum absolute atomic E-state index is 0.125. The molecule has 5 heteroatoms. The Labute approximate surface area is 138 Å². The minimum Gasteiger partial charge on any atom is -0.295 e. The third-order valence-corrected chi connectivity index (χ3v) is 4.86. The van der Waals surface area contributed by atoms with Gasteiger partial charge in [-0.15, -0.1) is 11.3 Å². The molecule has 0 N–H and O–H groups in total. The SMILES string of the molecule is CC(C)Cn1c(C(C)C)nc2sc3ccccc3c(=O)c2c1=O. The first kappa shape index (κ1) is 15.9. The Hall–Kier alpha value is -2.01. The number of aromatic nitrogens is 2. The highest BCUT2D eigenvalue weighted by Gasteiger charge is 2.18. The van der Waals surface area contributed by atoms with Crippen molar-refractivity contribution in [1.82, 2.24) is 9.55 Å². The molecule has 4 nitrogen and oxygen atoms in total. The van der Waals surface area contributed by atoms with Crippen LogP contribution >= 0.6 is 11.3 Å². The molecule has 2 heterocycles. The Kier molecular flexibility index (Phi) is 4.06. The van der Waals surface area contributed by atoms with E-state index in [1.54, 1.807) is 10.6 Å². The molecule has 2 aromatic heterocycles. The van der Waals surface area contributed by atoms with Gasteiger partial charge in [0.1, 0.15) is 16.0 Å². The Bertz CT molecular complexity index is 999. The van der Waals surface area contributed by atoms with E-state index in [2.05, 4.69) is 18.8 Å². The molecule has 0 aliphatic rings. The Morgan fingerprint density at radius 2 is 1.83 bits per heavy atom. The maximum atomic E-state index is 13.0. The summed E-state index contributed by atoms with van der Waals surface area (Å²) in [4.78, 5) is 31.0. The van der Waals surface area contributed by atoms with Crippen LogP contribution < -0.4 is 11.0 Å². The number of hydrogen-bond acceptors (Lipinski definition) is 4. The predicted molar refractivity (Wildman–Crippen MR) is 96.6 cm³/mol. The molecule has 0 unspecified atom stereocenters. The van der Waals surface area contributed by atoms with E-state index < -0.39 is 0 Å². The number of benzene rings is 1. The fraction of sp³-hybridized carbons (Fsp3) is 0.389. The average Bonchev–Trinajstić information content (AvgIpc) is 2.49. The van der Waals surface area contributed by atoms with Crippen molar-refractivity contribution in [3.63, 3.8) is 0 Å². The quantitative estimate of drug-likeness (QED) is 0.688. The molecular formula is C18H20N2O2S. The highest BCUT2D eigenvalue weighted by Crippen LogP contribution is 2.23. The lowest BCUT2D eigenvalue weighted by Crippen LogP contribution is -2.30. The van der Waals surface area contributed by atoms with Crippen molar-refractivity contribution in [1.29, 1.82) is 0 Å². The largest absolute Gasteiger partial charge is 0.295 e. The van der Waals surface area contributed by atoms with Crippen LogP contribution in [0.3, 0.4) is 0 Å². The second kappa shape index (κ2) is 5.89.